The molecule has 0 amide bonds. The second-order valence-electron chi connectivity index (χ2n) is 5.72. The van der Waals surface area contributed by atoms with Crippen LogP contribution < -0.4 is 5.63 Å². The lowest BCUT2D eigenvalue weighted by Gasteiger charge is -2.08. The summed E-state index contributed by atoms with van der Waals surface area (Å²) in [5.41, 5.74) is -2.15. The molecule has 3 heterocycles. The monoisotopic (exact) mass is 504 g/mol. The Bertz CT molecular complexity index is 1320. The zero-order chi connectivity index (χ0) is 20.9. The Labute approximate surface area is 178 Å². The molecule has 4 aromatic rings. The van der Waals surface area contributed by atoms with Gasteiger partial charge in [0.15, 0.2) is 11.5 Å². The Hall–Kier alpha value is -2.43. The number of aromatic nitrogens is 4. The smallest absolute Gasteiger partial charge is 0.401 e. The van der Waals surface area contributed by atoms with Gasteiger partial charge in [-0.25, -0.2) is 19.4 Å². The third-order valence-electron chi connectivity index (χ3n) is 3.81. The van der Waals surface area contributed by atoms with Crippen LogP contribution in [-0.2, 0) is 6.18 Å². The second-order valence-corrected chi connectivity index (χ2v) is 7.42. The van der Waals surface area contributed by atoms with Crippen molar-refractivity contribution >= 4 is 50.0 Å². The van der Waals surface area contributed by atoms with Crippen LogP contribution in [0.1, 0.15) is 5.69 Å². The van der Waals surface area contributed by atoms with Gasteiger partial charge in [0.1, 0.15) is 5.69 Å². The van der Waals surface area contributed by atoms with Crippen molar-refractivity contribution in [3.8, 4) is 17.4 Å². The maximum absolute atomic E-state index is 13.3. The first kappa shape index (κ1) is 19.9. The van der Waals surface area contributed by atoms with Gasteiger partial charge in [0.05, 0.1) is 15.9 Å². The molecule has 6 nitrogen and oxygen atoms in total. The summed E-state index contributed by atoms with van der Waals surface area (Å²) in [6.45, 7) is 0. The van der Waals surface area contributed by atoms with Crippen LogP contribution >= 0.6 is 39.1 Å². The largest absolute Gasteiger partial charge is 0.435 e. The van der Waals surface area contributed by atoms with E-state index in [1.165, 1.54) is 30.5 Å². The van der Waals surface area contributed by atoms with Crippen molar-refractivity contribution in [2.75, 3.05) is 0 Å². The Morgan fingerprint density at radius 1 is 1.17 bits per heavy atom. The van der Waals surface area contributed by atoms with Gasteiger partial charge >= 0.3 is 11.8 Å². The molecule has 0 bridgehead atoms. The minimum absolute atomic E-state index is 0.0432. The van der Waals surface area contributed by atoms with E-state index < -0.39 is 23.4 Å². The summed E-state index contributed by atoms with van der Waals surface area (Å²) in [5.74, 6) is -0.477. The minimum Gasteiger partial charge on any atom is -0.401 e. The van der Waals surface area contributed by atoms with Gasteiger partial charge in [0.25, 0.3) is 0 Å². The summed E-state index contributed by atoms with van der Waals surface area (Å²) < 4.78 is 46.2. The number of fused-ring (bicyclic) bond motifs is 1. The topological polar surface area (TPSA) is 73.8 Å². The van der Waals surface area contributed by atoms with Crippen LogP contribution in [0.2, 0.25) is 10.0 Å². The molecule has 0 unspecified atom stereocenters. The van der Waals surface area contributed by atoms with Crippen molar-refractivity contribution in [1.82, 2.24) is 19.7 Å². The van der Waals surface area contributed by atoms with E-state index >= 15 is 0 Å². The Morgan fingerprint density at radius 3 is 2.62 bits per heavy atom. The highest BCUT2D eigenvalue weighted by Crippen LogP contribution is 2.34. The average molecular weight is 506 g/mol. The quantitative estimate of drug-likeness (QED) is 0.358. The predicted molar refractivity (Wildman–Crippen MR) is 103 cm³/mol. The van der Waals surface area contributed by atoms with E-state index in [0.717, 1.165) is 4.68 Å². The highest BCUT2D eigenvalue weighted by atomic mass is 79.9. The van der Waals surface area contributed by atoms with Crippen molar-refractivity contribution in [2.24, 2.45) is 0 Å². The summed E-state index contributed by atoms with van der Waals surface area (Å²) in [5, 5.41) is 3.91. The molecule has 0 saturated carbocycles. The number of rotatable bonds is 2. The second kappa shape index (κ2) is 7.12. The molecule has 0 spiro atoms. The molecular formula is C17H6BrCl2F3N4O2. The number of hydrogen-bond donors (Lipinski definition) is 0. The van der Waals surface area contributed by atoms with Gasteiger partial charge in [0.2, 0.25) is 5.89 Å². The normalized spacial score (nSPS) is 11.9. The first-order chi connectivity index (χ1) is 13.6. The van der Waals surface area contributed by atoms with Gasteiger partial charge in [-0.1, -0.05) is 23.2 Å². The average Bonchev–Trinajstić information content (AvgIpc) is 3.08. The summed E-state index contributed by atoms with van der Waals surface area (Å²) in [6, 6.07) is 6.48. The fourth-order valence-corrected chi connectivity index (χ4v) is 3.68. The molecular weight excluding hydrogens is 500 g/mol. The first-order valence-electron chi connectivity index (χ1n) is 7.73. The van der Waals surface area contributed by atoms with E-state index in [2.05, 4.69) is 31.0 Å². The molecule has 12 heteroatoms. The summed E-state index contributed by atoms with van der Waals surface area (Å²) in [7, 11) is 0. The lowest BCUT2D eigenvalue weighted by atomic mass is 10.2. The van der Waals surface area contributed by atoms with Crippen LogP contribution in [0.5, 0.6) is 0 Å². The van der Waals surface area contributed by atoms with Crippen molar-refractivity contribution < 1.29 is 17.6 Å². The van der Waals surface area contributed by atoms with E-state index in [9.17, 15) is 18.0 Å². The zero-order valence-corrected chi connectivity index (χ0v) is 16.9. The van der Waals surface area contributed by atoms with Gasteiger partial charge in [-0.15, -0.1) is 0 Å². The Kier molecular flexibility index (Phi) is 4.88. The van der Waals surface area contributed by atoms with Gasteiger partial charge < -0.3 is 4.42 Å². The third kappa shape index (κ3) is 3.63. The van der Waals surface area contributed by atoms with E-state index in [1.54, 1.807) is 0 Å². The molecule has 148 valence electrons. The molecule has 0 fully saturated rings. The van der Waals surface area contributed by atoms with Crippen molar-refractivity contribution in [1.29, 1.82) is 0 Å². The third-order valence-corrected chi connectivity index (χ3v) is 4.93. The summed E-state index contributed by atoms with van der Waals surface area (Å²) >= 11 is 15.2. The van der Waals surface area contributed by atoms with Crippen molar-refractivity contribution in [2.45, 2.75) is 6.18 Å². The Morgan fingerprint density at radius 2 is 1.93 bits per heavy atom. The molecule has 0 aliphatic rings. The maximum Gasteiger partial charge on any atom is 0.435 e. The highest BCUT2D eigenvalue weighted by molar-refractivity contribution is 9.10. The van der Waals surface area contributed by atoms with E-state index in [0.29, 0.717) is 10.5 Å². The molecule has 3 aromatic heterocycles. The zero-order valence-electron chi connectivity index (χ0n) is 13.8. The lowest BCUT2D eigenvalue weighted by Crippen LogP contribution is -2.09. The van der Waals surface area contributed by atoms with Gasteiger partial charge in [-0.3, -0.25) is 0 Å². The number of pyridine rings is 1. The van der Waals surface area contributed by atoms with Crippen LogP contribution in [0.15, 0.2) is 50.2 Å². The van der Waals surface area contributed by atoms with Gasteiger partial charge in [-0.2, -0.15) is 18.3 Å². The maximum atomic E-state index is 13.3. The summed E-state index contributed by atoms with van der Waals surface area (Å²) in [4.78, 5) is 20.6. The fraction of sp³-hybridized carbons (Fsp3) is 0.0588. The van der Waals surface area contributed by atoms with Crippen LogP contribution in [0.25, 0.3) is 28.3 Å². The molecule has 0 atom stereocenters. The molecule has 0 saturated heterocycles. The number of alkyl halides is 3. The predicted octanol–water partition coefficient (Wildman–Crippen LogP) is 5.52. The molecule has 0 aliphatic heterocycles. The van der Waals surface area contributed by atoms with Gasteiger partial charge in [0, 0.05) is 21.8 Å². The molecule has 0 radical (unpaired) electrons. The van der Waals surface area contributed by atoms with Crippen LogP contribution in [-0.4, -0.2) is 19.7 Å². The number of benzene rings is 1. The molecule has 4 rings (SSSR count). The van der Waals surface area contributed by atoms with Crippen LogP contribution in [0.4, 0.5) is 13.2 Å². The SMILES string of the molecule is O=c1oc(-c2cc(C(F)(F)F)nn2-c2ncccc2Cl)nc2c(Br)cc(Cl)cc12. The molecule has 1 aromatic carbocycles. The molecule has 0 N–H and O–H groups in total. The van der Waals surface area contributed by atoms with E-state index in [-0.39, 0.29) is 32.5 Å². The van der Waals surface area contributed by atoms with Crippen molar-refractivity contribution in [3.63, 3.8) is 0 Å². The van der Waals surface area contributed by atoms with Crippen LogP contribution in [0, 0.1) is 0 Å². The number of halogens is 6. The molecule has 29 heavy (non-hydrogen) atoms. The van der Waals surface area contributed by atoms with Gasteiger partial charge in [-0.05, 0) is 40.2 Å². The lowest BCUT2D eigenvalue weighted by molar-refractivity contribution is -0.141. The standard InChI is InChI=1S/C17H6BrCl2F3N4O2/c18-9-5-7(19)4-8-13(9)25-15(29-16(8)28)11-6-12(17(21,22)23)26-27(11)14-10(20)2-1-3-24-14/h1-6H. The Balaban J connectivity index is 2.04. The van der Waals surface area contributed by atoms with E-state index in [1.807, 2.05) is 0 Å². The number of nitrogens with zero attached hydrogens (tertiary/aromatic N) is 4. The van der Waals surface area contributed by atoms with Crippen LogP contribution in [0.3, 0.4) is 0 Å². The number of hydrogen-bond acceptors (Lipinski definition) is 5. The van der Waals surface area contributed by atoms with E-state index in [4.69, 9.17) is 27.6 Å². The fourth-order valence-electron chi connectivity index (χ4n) is 2.58. The minimum atomic E-state index is -4.76. The first-order valence-corrected chi connectivity index (χ1v) is 9.28. The summed E-state index contributed by atoms with van der Waals surface area (Å²) in [6.07, 6.45) is -3.42. The van der Waals surface area contributed by atoms with Crippen molar-refractivity contribution in [3.05, 3.63) is 67.2 Å². The highest BCUT2D eigenvalue weighted by Gasteiger charge is 2.36. The molecule has 0 aliphatic carbocycles.